The molecule has 0 bridgehead atoms. The summed E-state index contributed by atoms with van der Waals surface area (Å²) in [5.74, 6) is -2.76. The zero-order valence-corrected chi connectivity index (χ0v) is 2.99. The number of hydrogen-bond acceptors (Lipinski definition) is 1. The van der Waals surface area contributed by atoms with Crippen LogP contribution >= 0.6 is 0 Å². The predicted molar refractivity (Wildman–Crippen MR) is 14.8 cm³/mol. The van der Waals surface area contributed by atoms with Crippen LogP contribution in [0.3, 0.4) is 0 Å². The highest BCUT2D eigenvalue weighted by Gasteiger charge is 2.38. The van der Waals surface area contributed by atoms with E-state index in [4.69, 9.17) is 9.90 Å². The molecule has 0 unspecified atom stereocenters. The standard InChI is InChI=1S/C2HF3O2.H/c3-2(4,5)1(6)7;/h(H,6,7);/i;1+1. The Labute approximate surface area is 38.0 Å². The molecule has 0 fully saturated rings. The fourth-order valence-electron chi connectivity index (χ4n) is 0. The Bertz CT molecular complexity index is 87.8. The zero-order valence-electron chi connectivity index (χ0n) is 3.99. The van der Waals surface area contributed by atoms with Crippen molar-refractivity contribution < 1.29 is 24.5 Å². The SMILES string of the molecule is O=C(O)C(F)(F)F.[2H]. The van der Waals surface area contributed by atoms with Crippen molar-refractivity contribution in [1.82, 2.24) is 0 Å². The van der Waals surface area contributed by atoms with E-state index in [1.165, 1.54) is 0 Å². The molecule has 0 spiro atoms. The van der Waals surface area contributed by atoms with Crippen LogP contribution in [0.25, 0.3) is 0 Å². The smallest absolute Gasteiger partial charge is 0.475 e. The third-order valence-corrected chi connectivity index (χ3v) is 0.243. The highest BCUT2D eigenvalue weighted by Crippen LogP contribution is 2.13. The number of carboxylic acids is 1. The Hall–Kier alpha value is -0.740. The van der Waals surface area contributed by atoms with E-state index in [0.29, 0.717) is 0 Å². The van der Waals surface area contributed by atoms with Crippen LogP contribution < -0.4 is 0 Å². The summed E-state index contributed by atoms with van der Waals surface area (Å²) in [6.45, 7) is 0. The topological polar surface area (TPSA) is 37.3 Å². The van der Waals surface area contributed by atoms with Gasteiger partial charge in [-0.25, -0.2) is 4.79 Å². The first-order chi connectivity index (χ1) is 2.94. The molecule has 0 saturated carbocycles. The summed E-state index contributed by atoms with van der Waals surface area (Å²) in [4.78, 5) is 8.90. The van der Waals surface area contributed by atoms with E-state index in [-0.39, 0.29) is 1.43 Å². The minimum Gasteiger partial charge on any atom is -0.475 e. The Morgan fingerprint density at radius 2 is 1.71 bits per heavy atom. The van der Waals surface area contributed by atoms with Crippen molar-refractivity contribution in [2.75, 3.05) is 0 Å². The van der Waals surface area contributed by atoms with Gasteiger partial charge in [-0.15, -0.1) is 0 Å². The van der Waals surface area contributed by atoms with E-state index in [2.05, 4.69) is 0 Å². The Morgan fingerprint density at radius 1 is 1.57 bits per heavy atom. The normalized spacial score (nSPS) is 11.3. The summed E-state index contributed by atoms with van der Waals surface area (Å²) in [6.07, 6.45) is -5.08. The van der Waals surface area contributed by atoms with Gasteiger partial charge in [0.1, 0.15) is 0 Å². The summed E-state index contributed by atoms with van der Waals surface area (Å²) >= 11 is 0. The largest absolute Gasteiger partial charge is 0.490 e. The van der Waals surface area contributed by atoms with E-state index in [9.17, 15) is 13.2 Å². The van der Waals surface area contributed by atoms with E-state index in [1.807, 2.05) is 0 Å². The van der Waals surface area contributed by atoms with Gasteiger partial charge >= 0.3 is 12.1 Å². The second-order valence-electron chi connectivity index (χ2n) is 0.803. The molecule has 0 aromatic rings. The number of carbonyl (C=O) groups is 1. The van der Waals surface area contributed by atoms with Crippen molar-refractivity contribution in [1.29, 1.82) is 0 Å². The average Bonchev–Trinajstić information content (AvgIpc) is 1.31. The predicted octanol–water partition coefficient (Wildman–Crippen LogP) is 0.746. The van der Waals surface area contributed by atoms with Crippen LogP contribution in [0.1, 0.15) is 1.43 Å². The number of rotatable bonds is 0. The lowest BCUT2D eigenvalue weighted by atomic mass is 10.7. The van der Waals surface area contributed by atoms with Crippen LogP contribution in [-0.4, -0.2) is 17.3 Å². The van der Waals surface area contributed by atoms with E-state index in [1.54, 1.807) is 0 Å². The molecule has 0 aromatic heterocycles. The van der Waals surface area contributed by atoms with Crippen molar-refractivity contribution in [3.05, 3.63) is 0 Å². The second-order valence-corrected chi connectivity index (χ2v) is 0.803. The number of aliphatic carboxylic acids is 1. The molecule has 0 aromatic carbocycles. The molecule has 1 N–H and O–H groups in total. The summed E-state index contributed by atoms with van der Waals surface area (Å²) < 4.78 is 31.7. The molecule has 1 radical (unpaired) electrons. The quantitative estimate of drug-likeness (QED) is 0.506. The molecule has 7 heavy (non-hydrogen) atoms. The lowest BCUT2D eigenvalue weighted by Crippen LogP contribution is -2.21. The van der Waals surface area contributed by atoms with Gasteiger partial charge in [-0.2, -0.15) is 13.2 Å². The second kappa shape index (κ2) is 1.40. The highest BCUT2D eigenvalue weighted by molar-refractivity contribution is 5.73. The summed E-state index contributed by atoms with van der Waals surface area (Å²) in [7, 11) is 0. The third-order valence-electron chi connectivity index (χ3n) is 0.243. The molecule has 5 heteroatoms. The van der Waals surface area contributed by atoms with Gasteiger partial charge in [-0.1, -0.05) is 0 Å². The van der Waals surface area contributed by atoms with Gasteiger partial charge in [0.25, 0.3) is 0 Å². The molecule has 0 aliphatic heterocycles. The fraction of sp³-hybridized carbons (Fsp3) is 0.500. The lowest BCUT2D eigenvalue weighted by Gasteiger charge is -1.93. The first-order valence-electron chi connectivity index (χ1n) is 1.24. The Morgan fingerprint density at radius 3 is 1.71 bits per heavy atom. The van der Waals surface area contributed by atoms with Crippen molar-refractivity contribution in [3.63, 3.8) is 0 Å². The maximum absolute atomic E-state index is 10.6. The summed E-state index contributed by atoms with van der Waals surface area (Å²) in [5, 5.41) is 7.12. The van der Waals surface area contributed by atoms with Crippen LogP contribution in [0, 0.1) is 0 Å². The molecule has 0 heterocycles. The van der Waals surface area contributed by atoms with Gasteiger partial charge in [-0.05, 0) is 0 Å². The van der Waals surface area contributed by atoms with E-state index < -0.39 is 12.1 Å². The van der Waals surface area contributed by atoms with Crippen molar-refractivity contribution in [2.45, 2.75) is 6.18 Å². The molecule has 0 amide bonds. The molecule has 0 aliphatic rings. The highest BCUT2D eigenvalue weighted by atomic mass is 19.4. The molecule has 0 atom stereocenters. The molecule has 0 saturated heterocycles. The lowest BCUT2D eigenvalue weighted by molar-refractivity contribution is -0.192. The van der Waals surface area contributed by atoms with E-state index >= 15 is 0 Å². The van der Waals surface area contributed by atoms with Gasteiger partial charge in [0.05, 0.1) is 0 Å². The maximum atomic E-state index is 10.6. The van der Waals surface area contributed by atoms with Gasteiger partial charge in [0.15, 0.2) is 0 Å². The zero-order chi connectivity index (χ0) is 6.08. The molecule has 2 nitrogen and oxygen atoms in total. The fourth-order valence-corrected chi connectivity index (χ4v) is 0. The van der Waals surface area contributed by atoms with Crippen molar-refractivity contribution in [3.8, 4) is 0 Å². The van der Waals surface area contributed by atoms with Crippen molar-refractivity contribution >= 4 is 5.97 Å². The maximum Gasteiger partial charge on any atom is 0.490 e. The third kappa shape index (κ3) is 2.02. The van der Waals surface area contributed by atoms with Crippen LogP contribution in [0.15, 0.2) is 0 Å². The van der Waals surface area contributed by atoms with Crippen LogP contribution in [0.4, 0.5) is 13.2 Å². The van der Waals surface area contributed by atoms with Gasteiger partial charge < -0.3 is 5.11 Å². The monoisotopic (exact) mass is 116 g/mol. The van der Waals surface area contributed by atoms with E-state index in [0.717, 1.165) is 0 Å². The van der Waals surface area contributed by atoms with Crippen LogP contribution in [0.2, 0.25) is 0 Å². The first-order valence-corrected chi connectivity index (χ1v) is 1.24. The Balaban J connectivity index is 0. The molecule has 0 aliphatic carbocycles. The van der Waals surface area contributed by atoms with Crippen LogP contribution in [-0.2, 0) is 4.79 Å². The van der Waals surface area contributed by atoms with Gasteiger partial charge in [0, 0.05) is 1.43 Å². The average molecular weight is 116 g/mol. The molecule has 0 rings (SSSR count). The van der Waals surface area contributed by atoms with Gasteiger partial charge in [0.2, 0.25) is 0 Å². The Kier molecular flexibility index (Phi) is 1.25. The van der Waals surface area contributed by atoms with Crippen molar-refractivity contribution in [2.24, 2.45) is 0 Å². The number of carboxylic acid groups (broad SMARTS) is 1. The molecular formula is C2H2F3O2. The first kappa shape index (κ1) is 6.26. The minimum atomic E-state index is -5.08. The summed E-state index contributed by atoms with van der Waals surface area (Å²) in [5.41, 5.74) is 0. The number of halogens is 3. The number of alkyl halides is 3. The van der Waals surface area contributed by atoms with Gasteiger partial charge in [-0.3, -0.25) is 0 Å². The number of hydrogen-bond donors (Lipinski definition) is 1. The summed E-state index contributed by atoms with van der Waals surface area (Å²) in [6, 6.07) is 0. The molecular weight excluding hydrogens is 113 g/mol. The van der Waals surface area contributed by atoms with Crippen LogP contribution in [0.5, 0.6) is 0 Å². The molecule has 43 valence electrons. The minimum absolute atomic E-state index is 0.